The first-order valence-electron chi connectivity index (χ1n) is 6.93. The van der Waals surface area contributed by atoms with Gasteiger partial charge in [0, 0.05) is 16.8 Å². The highest BCUT2D eigenvalue weighted by Gasteiger charge is 2.13. The zero-order valence-electron chi connectivity index (χ0n) is 12.7. The van der Waals surface area contributed by atoms with Crippen LogP contribution in [0.5, 0.6) is 0 Å². The molecule has 3 N–H and O–H groups in total. The van der Waals surface area contributed by atoms with E-state index >= 15 is 0 Å². The van der Waals surface area contributed by atoms with Crippen molar-refractivity contribution in [1.29, 1.82) is 0 Å². The second-order valence-electron chi connectivity index (χ2n) is 4.78. The molecule has 0 radical (unpaired) electrons. The second-order valence-corrected chi connectivity index (χ2v) is 6.94. The molecule has 0 aromatic carbocycles. The van der Waals surface area contributed by atoms with Crippen molar-refractivity contribution in [3.05, 3.63) is 16.8 Å². The van der Waals surface area contributed by atoms with Crippen LogP contribution < -0.4 is 11.1 Å². The van der Waals surface area contributed by atoms with Crippen LogP contribution in [0.2, 0.25) is 0 Å². The number of rotatable bonds is 7. The minimum atomic E-state index is 0. The molecule has 2 rings (SSSR count). The average molecular weight is 361 g/mol. The van der Waals surface area contributed by atoms with Gasteiger partial charge in [0.2, 0.25) is 5.91 Å². The van der Waals surface area contributed by atoms with Crippen molar-refractivity contribution in [2.24, 2.45) is 5.73 Å². The van der Waals surface area contributed by atoms with E-state index in [0.717, 1.165) is 28.1 Å². The summed E-state index contributed by atoms with van der Waals surface area (Å²) in [6.45, 7) is 5.52. The summed E-state index contributed by atoms with van der Waals surface area (Å²) in [6.07, 6.45) is 3.43. The van der Waals surface area contributed by atoms with Crippen molar-refractivity contribution in [3.8, 4) is 0 Å². The van der Waals surface area contributed by atoms with Crippen molar-refractivity contribution in [2.75, 3.05) is 18.8 Å². The van der Waals surface area contributed by atoms with Gasteiger partial charge in [-0.3, -0.25) is 4.79 Å². The standard InChI is InChI=1S/C14H20N4OS2.ClH/c1-9-10(2)21-14-12(9)13(17-8-18-14)20-7-11(19)16-6-4-3-5-15;/h8H,3-7,15H2,1-2H3,(H,16,19);1H. The second kappa shape index (κ2) is 9.29. The number of carbonyl (C=O) groups excluding carboxylic acids is 1. The van der Waals surface area contributed by atoms with E-state index in [0.29, 0.717) is 18.8 Å². The number of nitrogens with one attached hydrogen (secondary N) is 1. The third-order valence-electron chi connectivity index (χ3n) is 3.22. The van der Waals surface area contributed by atoms with Gasteiger partial charge in [-0.05, 0) is 38.8 Å². The van der Waals surface area contributed by atoms with Gasteiger partial charge in [-0.15, -0.1) is 23.7 Å². The van der Waals surface area contributed by atoms with Crippen LogP contribution in [0, 0.1) is 13.8 Å². The summed E-state index contributed by atoms with van der Waals surface area (Å²) in [5, 5.41) is 4.87. The van der Waals surface area contributed by atoms with Crippen molar-refractivity contribution in [3.63, 3.8) is 0 Å². The summed E-state index contributed by atoms with van der Waals surface area (Å²) in [4.78, 5) is 22.7. The first kappa shape index (κ1) is 19.2. The number of aromatic nitrogens is 2. The van der Waals surface area contributed by atoms with Gasteiger partial charge in [0.15, 0.2) is 0 Å². The number of hydrogen-bond donors (Lipinski definition) is 2. The largest absolute Gasteiger partial charge is 0.355 e. The molecular formula is C14H21ClN4OS2. The van der Waals surface area contributed by atoms with Crippen molar-refractivity contribution in [1.82, 2.24) is 15.3 Å². The van der Waals surface area contributed by atoms with Crippen LogP contribution in [0.15, 0.2) is 11.4 Å². The first-order chi connectivity index (χ1) is 10.1. The van der Waals surface area contributed by atoms with Crippen molar-refractivity contribution < 1.29 is 4.79 Å². The van der Waals surface area contributed by atoms with Crippen molar-refractivity contribution >= 4 is 51.6 Å². The Kier molecular flexibility index (Phi) is 8.09. The number of halogens is 1. The number of fused-ring (bicyclic) bond motifs is 1. The number of thiophene rings is 1. The van der Waals surface area contributed by atoms with Gasteiger partial charge in [-0.2, -0.15) is 0 Å². The molecule has 0 atom stereocenters. The molecule has 0 aliphatic carbocycles. The van der Waals surface area contributed by atoms with Gasteiger partial charge in [-0.25, -0.2) is 9.97 Å². The number of hydrogen-bond acceptors (Lipinski definition) is 6. The summed E-state index contributed by atoms with van der Waals surface area (Å²) in [5.74, 6) is 0.414. The molecule has 0 aliphatic heterocycles. The zero-order chi connectivity index (χ0) is 15.2. The molecule has 0 bridgehead atoms. The van der Waals surface area contributed by atoms with E-state index in [4.69, 9.17) is 5.73 Å². The van der Waals surface area contributed by atoms with Crippen LogP contribution in [-0.2, 0) is 4.79 Å². The Bertz CT molecular complexity index is 633. The summed E-state index contributed by atoms with van der Waals surface area (Å²) in [6, 6.07) is 0. The number of aryl methyl sites for hydroxylation is 2. The highest BCUT2D eigenvalue weighted by molar-refractivity contribution is 8.00. The lowest BCUT2D eigenvalue weighted by Crippen LogP contribution is -2.26. The SMILES string of the molecule is Cc1sc2ncnc(SCC(=O)NCCCCN)c2c1C.Cl. The highest BCUT2D eigenvalue weighted by atomic mass is 35.5. The lowest BCUT2D eigenvalue weighted by Gasteiger charge is -2.05. The predicted octanol–water partition coefficient (Wildman–Crippen LogP) is 2.68. The first-order valence-corrected chi connectivity index (χ1v) is 8.74. The third-order valence-corrected chi connectivity index (χ3v) is 5.33. The fourth-order valence-corrected chi connectivity index (χ4v) is 3.89. The number of nitrogens with zero attached hydrogens (tertiary/aromatic N) is 2. The van der Waals surface area contributed by atoms with Crippen LogP contribution in [0.25, 0.3) is 10.2 Å². The van der Waals surface area contributed by atoms with Gasteiger partial charge in [-0.1, -0.05) is 11.8 Å². The normalized spacial score (nSPS) is 10.5. The van der Waals surface area contributed by atoms with Crippen LogP contribution >= 0.6 is 35.5 Å². The summed E-state index contributed by atoms with van der Waals surface area (Å²) >= 11 is 3.14. The van der Waals surface area contributed by atoms with Crippen molar-refractivity contribution in [2.45, 2.75) is 31.7 Å². The number of nitrogens with two attached hydrogens (primary N) is 1. The van der Waals surface area contributed by atoms with E-state index in [2.05, 4.69) is 29.1 Å². The fraction of sp³-hybridized carbons (Fsp3) is 0.500. The average Bonchev–Trinajstić information content (AvgIpc) is 2.77. The maximum Gasteiger partial charge on any atom is 0.230 e. The molecule has 0 fully saturated rings. The smallest absolute Gasteiger partial charge is 0.230 e. The maximum absolute atomic E-state index is 11.8. The molecular weight excluding hydrogens is 340 g/mol. The Morgan fingerprint density at radius 1 is 1.36 bits per heavy atom. The number of carbonyl (C=O) groups is 1. The molecule has 8 heteroatoms. The van der Waals surface area contributed by atoms with E-state index in [-0.39, 0.29) is 18.3 Å². The Balaban J connectivity index is 0.00000242. The summed E-state index contributed by atoms with van der Waals surface area (Å²) in [7, 11) is 0. The Morgan fingerprint density at radius 3 is 2.86 bits per heavy atom. The quantitative estimate of drug-likeness (QED) is 0.450. The van der Waals surface area contributed by atoms with E-state index in [1.165, 1.54) is 22.2 Å². The van der Waals surface area contributed by atoms with E-state index in [9.17, 15) is 4.79 Å². The van der Waals surface area contributed by atoms with Crippen LogP contribution in [0.1, 0.15) is 23.3 Å². The fourth-order valence-electron chi connectivity index (χ4n) is 1.94. The van der Waals surface area contributed by atoms with Gasteiger partial charge in [0.1, 0.15) is 16.2 Å². The monoisotopic (exact) mass is 360 g/mol. The van der Waals surface area contributed by atoms with E-state index in [1.807, 2.05) is 0 Å². The Hall–Kier alpha value is -0.890. The minimum Gasteiger partial charge on any atom is -0.355 e. The van der Waals surface area contributed by atoms with Crippen LogP contribution in [-0.4, -0.2) is 34.7 Å². The molecule has 1 amide bonds. The molecule has 0 saturated carbocycles. The molecule has 0 aliphatic rings. The van der Waals surface area contributed by atoms with Gasteiger partial charge >= 0.3 is 0 Å². The molecule has 0 spiro atoms. The van der Waals surface area contributed by atoms with Gasteiger partial charge in [0.25, 0.3) is 0 Å². The predicted molar refractivity (Wildman–Crippen MR) is 96.2 cm³/mol. The van der Waals surface area contributed by atoms with Crippen LogP contribution in [0.4, 0.5) is 0 Å². The van der Waals surface area contributed by atoms with Crippen LogP contribution in [0.3, 0.4) is 0 Å². The van der Waals surface area contributed by atoms with E-state index in [1.54, 1.807) is 17.7 Å². The molecule has 2 heterocycles. The van der Waals surface area contributed by atoms with E-state index < -0.39 is 0 Å². The minimum absolute atomic E-state index is 0. The zero-order valence-corrected chi connectivity index (χ0v) is 15.2. The highest BCUT2D eigenvalue weighted by Crippen LogP contribution is 2.34. The molecule has 2 aromatic heterocycles. The number of amides is 1. The maximum atomic E-state index is 11.8. The summed E-state index contributed by atoms with van der Waals surface area (Å²) < 4.78 is 0. The molecule has 122 valence electrons. The summed E-state index contributed by atoms with van der Waals surface area (Å²) in [5.41, 5.74) is 6.63. The lowest BCUT2D eigenvalue weighted by atomic mass is 10.2. The molecule has 0 unspecified atom stereocenters. The van der Waals surface area contributed by atoms with Gasteiger partial charge < -0.3 is 11.1 Å². The lowest BCUT2D eigenvalue weighted by molar-refractivity contribution is -0.118. The number of thioether (sulfide) groups is 1. The molecule has 2 aromatic rings. The molecule has 5 nitrogen and oxygen atoms in total. The molecule has 22 heavy (non-hydrogen) atoms. The Morgan fingerprint density at radius 2 is 2.14 bits per heavy atom. The Labute approximate surface area is 144 Å². The third kappa shape index (κ3) is 4.81. The molecule has 0 saturated heterocycles. The topological polar surface area (TPSA) is 80.9 Å². The number of unbranched alkanes of at least 4 members (excludes halogenated alkanes) is 1. The van der Waals surface area contributed by atoms with Gasteiger partial charge in [0.05, 0.1) is 5.75 Å².